The third-order valence-electron chi connectivity index (χ3n) is 4.76. The predicted molar refractivity (Wildman–Crippen MR) is 134 cm³/mol. The summed E-state index contributed by atoms with van der Waals surface area (Å²) in [5, 5.41) is 0. The average Bonchev–Trinajstić information content (AvgIpc) is 3.23. The van der Waals surface area contributed by atoms with Gasteiger partial charge in [0, 0.05) is 17.0 Å². The van der Waals surface area contributed by atoms with Crippen molar-refractivity contribution in [1.29, 1.82) is 0 Å². The Bertz CT molecular complexity index is 1090. The van der Waals surface area contributed by atoms with E-state index >= 15 is 0 Å². The summed E-state index contributed by atoms with van der Waals surface area (Å²) in [6.07, 6.45) is -0.560. The summed E-state index contributed by atoms with van der Waals surface area (Å²) in [4.78, 5) is 26.2. The number of fused-ring (bicyclic) bond motifs is 1. The van der Waals surface area contributed by atoms with Crippen molar-refractivity contribution in [3.63, 3.8) is 0 Å². The molecule has 3 rings (SSSR count). The van der Waals surface area contributed by atoms with Gasteiger partial charge in [-0.05, 0) is 17.7 Å². The fourth-order valence-corrected chi connectivity index (χ4v) is 4.28. The summed E-state index contributed by atoms with van der Waals surface area (Å²) in [5.74, 6) is 4.07. The topological polar surface area (TPSA) is 74.3 Å². The van der Waals surface area contributed by atoms with E-state index in [1.807, 2.05) is 36.4 Å². The van der Waals surface area contributed by atoms with Crippen LogP contribution in [0.3, 0.4) is 0 Å². The second-order valence-corrected chi connectivity index (χ2v) is 14.3. The van der Waals surface area contributed by atoms with Gasteiger partial charge in [0.15, 0.2) is 11.5 Å². The number of esters is 1. The van der Waals surface area contributed by atoms with Crippen LogP contribution in [0.1, 0.15) is 24.1 Å². The lowest BCUT2D eigenvalue weighted by Gasteiger charge is -2.29. The van der Waals surface area contributed by atoms with E-state index in [9.17, 15) is 9.59 Å². The van der Waals surface area contributed by atoms with Gasteiger partial charge >= 0.3 is 12.1 Å². The van der Waals surface area contributed by atoms with Crippen molar-refractivity contribution in [2.75, 3.05) is 19.9 Å². The summed E-state index contributed by atoms with van der Waals surface area (Å²) in [7, 11) is -1.79. The fourth-order valence-electron chi connectivity index (χ4n) is 3.17. The number of benzene rings is 2. The zero-order valence-electron chi connectivity index (χ0n) is 19.7. The van der Waals surface area contributed by atoms with Gasteiger partial charge in [-0.3, -0.25) is 9.69 Å². The van der Waals surface area contributed by atoms with E-state index < -0.39 is 26.2 Å². The van der Waals surface area contributed by atoms with Crippen molar-refractivity contribution < 1.29 is 28.5 Å². The molecular weight excluding hydrogens is 518 g/mol. The Hall–Kier alpha value is -2.96. The van der Waals surface area contributed by atoms with Gasteiger partial charge in [-0.2, -0.15) is 0 Å². The van der Waals surface area contributed by atoms with Crippen LogP contribution >= 0.6 is 15.9 Å². The van der Waals surface area contributed by atoms with Gasteiger partial charge in [0.2, 0.25) is 6.79 Å². The molecule has 0 bridgehead atoms. The van der Waals surface area contributed by atoms with Crippen molar-refractivity contribution in [3.05, 3.63) is 58.1 Å². The first kappa shape index (κ1) is 25.7. The molecule has 1 heterocycles. The average molecular weight is 546 g/mol. The molecule has 1 atom stereocenters. The SMILES string of the molecule is CC(=O)OCCN(C(=O)OCc1ccccc1)C(C#C[Si](C)(C)C)c1cc2c(cc1Br)OCO2. The number of halogens is 1. The number of ether oxygens (including phenoxy) is 4. The highest BCUT2D eigenvalue weighted by atomic mass is 79.9. The largest absolute Gasteiger partial charge is 0.464 e. The predicted octanol–water partition coefficient (Wildman–Crippen LogP) is 5.30. The third kappa shape index (κ3) is 7.27. The van der Waals surface area contributed by atoms with Crippen molar-refractivity contribution in [1.82, 2.24) is 4.90 Å². The van der Waals surface area contributed by atoms with Crippen molar-refractivity contribution in [2.45, 2.75) is 39.2 Å². The molecule has 180 valence electrons. The standard InChI is InChI=1S/C25H28BrNO6Si/c1-18(28)30-12-11-27(25(29)31-16-19-8-6-5-7-9-19)22(10-13-34(2,3)4)20-14-23-24(15-21(20)26)33-17-32-23/h5-9,14-15,22H,11-12,16-17H2,1-4H3. The minimum absolute atomic E-state index is 0.0169. The zero-order chi connectivity index (χ0) is 24.7. The van der Waals surface area contributed by atoms with Crippen LogP contribution in [-0.4, -0.2) is 45.0 Å². The highest BCUT2D eigenvalue weighted by Gasteiger charge is 2.30. The Balaban J connectivity index is 1.97. The van der Waals surface area contributed by atoms with E-state index in [0.717, 1.165) is 15.6 Å². The summed E-state index contributed by atoms with van der Waals surface area (Å²) in [6.45, 7) is 8.08. The molecule has 1 aliphatic rings. The van der Waals surface area contributed by atoms with Gasteiger partial charge in [0.05, 0.1) is 6.54 Å². The lowest BCUT2D eigenvalue weighted by Crippen LogP contribution is -2.38. The summed E-state index contributed by atoms with van der Waals surface area (Å²) in [6, 6.07) is 12.4. The molecule has 2 aromatic rings. The van der Waals surface area contributed by atoms with Crippen molar-refractivity contribution in [3.8, 4) is 23.0 Å². The Morgan fingerprint density at radius 3 is 2.44 bits per heavy atom. The number of hydrogen-bond acceptors (Lipinski definition) is 6. The van der Waals surface area contributed by atoms with Crippen LogP contribution in [0.2, 0.25) is 19.6 Å². The van der Waals surface area contributed by atoms with E-state index in [2.05, 4.69) is 47.0 Å². The van der Waals surface area contributed by atoms with Crippen LogP contribution in [0.25, 0.3) is 0 Å². The quantitative estimate of drug-likeness (QED) is 0.267. The molecule has 7 nitrogen and oxygen atoms in total. The van der Waals surface area contributed by atoms with E-state index in [4.69, 9.17) is 18.9 Å². The third-order valence-corrected chi connectivity index (χ3v) is 6.34. The van der Waals surface area contributed by atoms with E-state index in [1.165, 1.54) is 11.8 Å². The second-order valence-electron chi connectivity index (χ2n) is 8.72. The molecule has 0 aromatic heterocycles. The van der Waals surface area contributed by atoms with Crippen LogP contribution in [0, 0.1) is 11.5 Å². The number of nitrogens with zero attached hydrogens (tertiary/aromatic N) is 1. The molecule has 1 amide bonds. The molecule has 0 radical (unpaired) electrons. The van der Waals surface area contributed by atoms with Crippen LogP contribution in [-0.2, 0) is 20.9 Å². The monoisotopic (exact) mass is 545 g/mol. The Labute approximate surface area is 209 Å². The van der Waals surface area contributed by atoms with E-state index in [1.54, 1.807) is 6.07 Å². The highest BCUT2D eigenvalue weighted by Crippen LogP contribution is 2.40. The fraction of sp³-hybridized carbons (Fsp3) is 0.360. The van der Waals surface area contributed by atoms with Crippen LogP contribution < -0.4 is 9.47 Å². The lowest BCUT2D eigenvalue weighted by atomic mass is 10.1. The maximum atomic E-state index is 13.3. The Morgan fingerprint density at radius 2 is 1.79 bits per heavy atom. The first-order valence-electron chi connectivity index (χ1n) is 10.9. The number of carbonyl (C=O) groups is 2. The normalized spacial score (nSPS) is 12.9. The van der Waals surface area contributed by atoms with Gasteiger partial charge in [-0.25, -0.2) is 4.79 Å². The zero-order valence-corrected chi connectivity index (χ0v) is 22.3. The Morgan fingerprint density at radius 1 is 1.12 bits per heavy atom. The van der Waals surface area contributed by atoms with Gasteiger partial charge in [0.25, 0.3) is 0 Å². The summed E-state index contributed by atoms with van der Waals surface area (Å²) in [5.41, 5.74) is 4.96. The van der Waals surface area contributed by atoms with Crippen molar-refractivity contribution in [2.24, 2.45) is 0 Å². The minimum Gasteiger partial charge on any atom is -0.464 e. The minimum atomic E-state index is -1.79. The molecule has 0 N–H and O–H groups in total. The number of amides is 1. The molecule has 0 aliphatic carbocycles. The molecule has 0 spiro atoms. The highest BCUT2D eigenvalue weighted by molar-refractivity contribution is 9.10. The first-order chi connectivity index (χ1) is 16.1. The van der Waals surface area contributed by atoms with Gasteiger partial charge in [-0.15, -0.1) is 5.54 Å². The first-order valence-corrected chi connectivity index (χ1v) is 15.2. The number of hydrogen-bond donors (Lipinski definition) is 0. The molecule has 9 heteroatoms. The number of carbonyl (C=O) groups excluding carboxylic acids is 2. The van der Waals surface area contributed by atoms with Gasteiger partial charge in [-0.1, -0.05) is 71.8 Å². The van der Waals surface area contributed by atoms with Crippen LogP contribution in [0.5, 0.6) is 11.5 Å². The maximum absolute atomic E-state index is 13.3. The van der Waals surface area contributed by atoms with Crippen LogP contribution in [0.15, 0.2) is 46.9 Å². The van der Waals surface area contributed by atoms with Gasteiger partial charge in [0.1, 0.15) is 27.3 Å². The summed E-state index contributed by atoms with van der Waals surface area (Å²) < 4.78 is 22.5. The second kappa shape index (κ2) is 11.4. The van der Waals surface area contributed by atoms with Gasteiger partial charge < -0.3 is 18.9 Å². The molecule has 34 heavy (non-hydrogen) atoms. The molecular formula is C25H28BrNO6Si. The lowest BCUT2D eigenvalue weighted by molar-refractivity contribution is -0.141. The van der Waals surface area contributed by atoms with Crippen LogP contribution in [0.4, 0.5) is 4.79 Å². The summed E-state index contributed by atoms with van der Waals surface area (Å²) >= 11 is 3.60. The molecule has 1 aliphatic heterocycles. The molecule has 0 fully saturated rings. The molecule has 0 saturated carbocycles. The molecule has 2 aromatic carbocycles. The van der Waals surface area contributed by atoms with Crippen molar-refractivity contribution >= 4 is 36.1 Å². The maximum Gasteiger partial charge on any atom is 0.411 e. The van der Waals surface area contributed by atoms with E-state index in [0.29, 0.717) is 11.5 Å². The molecule has 0 saturated heterocycles. The number of rotatable bonds is 7. The van der Waals surface area contributed by atoms with E-state index in [-0.39, 0.29) is 26.6 Å². The Kier molecular flexibility index (Phi) is 8.64. The smallest absolute Gasteiger partial charge is 0.411 e. The molecule has 1 unspecified atom stereocenters.